The van der Waals surface area contributed by atoms with Crippen LogP contribution in [0.2, 0.25) is 0 Å². The van der Waals surface area contributed by atoms with Crippen LogP contribution in [0.5, 0.6) is 5.75 Å². The first kappa shape index (κ1) is 20.6. The number of ether oxygens (including phenoxy) is 2. The van der Waals surface area contributed by atoms with E-state index >= 15 is 0 Å². The highest BCUT2D eigenvalue weighted by Gasteiger charge is 2.44. The lowest BCUT2D eigenvalue weighted by molar-refractivity contribution is -0.277. The van der Waals surface area contributed by atoms with Gasteiger partial charge in [-0.25, -0.2) is 0 Å². The maximum atomic E-state index is 10.2. The van der Waals surface area contributed by atoms with Crippen LogP contribution in [0.25, 0.3) is 0 Å². The lowest BCUT2D eigenvalue weighted by atomic mass is 9.99. The molecule has 2 aromatic carbocycles. The molecular formula is C21H27NO6. The molecule has 1 fully saturated rings. The van der Waals surface area contributed by atoms with Crippen molar-refractivity contribution in [1.29, 1.82) is 0 Å². The van der Waals surface area contributed by atoms with Crippen molar-refractivity contribution in [3.8, 4) is 5.75 Å². The quantitative estimate of drug-likeness (QED) is 0.458. The first-order valence-electron chi connectivity index (χ1n) is 9.36. The number of nitrogens with two attached hydrogens (primary N) is 1. The van der Waals surface area contributed by atoms with Crippen LogP contribution in [-0.4, -0.2) is 57.7 Å². The molecule has 1 aliphatic rings. The molecule has 1 aliphatic heterocycles. The molecule has 7 heteroatoms. The van der Waals surface area contributed by atoms with Gasteiger partial charge in [0.1, 0.15) is 30.2 Å². The first-order valence-corrected chi connectivity index (χ1v) is 9.36. The van der Waals surface area contributed by atoms with Gasteiger partial charge in [0.15, 0.2) is 0 Å². The van der Waals surface area contributed by atoms with Gasteiger partial charge in [-0.3, -0.25) is 0 Å². The van der Waals surface area contributed by atoms with Crippen LogP contribution in [0, 0.1) is 0 Å². The highest BCUT2D eigenvalue weighted by atomic mass is 16.7. The summed E-state index contributed by atoms with van der Waals surface area (Å²) in [5.74, 6) is 0.406. The predicted octanol–water partition coefficient (Wildman–Crippen LogP) is 0.601. The summed E-state index contributed by atoms with van der Waals surface area (Å²) in [4.78, 5) is 0. The van der Waals surface area contributed by atoms with Crippen molar-refractivity contribution in [1.82, 2.24) is 0 Å². The van der Waals surface area contributed by atoms with E-state index in [-0.39, 0.29) is 0 Å². The van der Waals surface area contributed by atoms with Crippen molar-refractivity contribution in [2.24, 2.45) is 0 Å². The van der Waals surface area contributed by atoms with Gasteiger partial charge in [0.05, 0.1) is 6.61 Å². The highest BCUT2D eigenvalue weighted by molar-refractivity contribution is 5.50. The summed E-state index contributed by atoms with van der Waals surface area (Å²) >= 11 is 0. The number of nitrogen functional groups attached to an aromatic ring is 1. The number of aryl methyl sites for hydroxylation is 1. The largest absolute Gasteiger partial charge is 0.462 e. The van der Waals surface area contributed by atoms with E-state index in [1.807, 2.05) is 18.2 Å². The monoisotopic (exact) mass is 389 g/mol. The van der Waals surface area contributed by atoms with Gasteiger partial charge in [0.2, 0.25) is 6.29 Å². The molecule has 7 nitrogen and oxygen atoms in total. The standard InChI is InChI=1S/C21H27NO6/c1-2-12-3-5-13(6-4-12)9-14-7-8-15(22)10-16(14)27-21-20(26)19(25)18(24)17(11-23)28-21/h3-8,10,17-21,23-26H,2,9,11,22H2,1H3/t17-,18-,19+,20-,21+/m1/s1. The number of hydrogen-bond acceptors (Lipinski definition) is 7. The fourth-order valence-corrected chi connectivity index (χ4v) is 3.23. The molecule has 1 heterocycles. The molecule has 0 amide bonds. The van der Waals surface area contributed by atoms with Gasteiger partial charge in [-0.1, -0.05) is 37.3 Å². The Bertz CT molecular complexity index is 779. The zero-order valence-electron chi connectivity index (χ0n) is 15.7. The lowest BCUT2D eigenvalue weighted by Gasteiger charge is -2.39. The normalized spacial score (nSPS) is 27.5. The van der Waals surface area contributed by atoms with E-state index in [1.165, 1.54) is 5.56 Å². The SMILES string of the molecule is CCc1ccc(Cc2ccc(N)cc2O[C@H]2O[C@H](CO)[C@@H](O)[C@H](O)[C@H]2O)cc1. The molecule has 0 spiro atoms. The summed E-state index contributed by atoms with van der Waals surface area (Å²) in [6.07, 6.45) is -5.15. The van der Waals surface area contributed by atoms with E-state index in [4.69, 9.17) is 15.2 Å². The Balaban J connectivity index is 1.82. The van der Waals surface area contributed by atoms with E-state index in [0.717, 1.165) is 17.5 Å². The number of aliphatic hydroxyl groups excluding tert-OH is 4. The third-order valence-electron chi connectivity index (χ3n) is 5.01. The van der Waals surface area contributed by atoms with Crippen molar-refractivity contribution in [3.63, 3.8) is 0 Å². The number of aliphatic hydroxyl groups is 4. The summed E-state index contributed by atoms with van der Waals surface area (Å²) in [5.41, 5.74) is 9.53. The molecule has 28 heavy (non-hydrogen) atoms. The van der Waals surface area contributed by atoms with Gasteiger partial charge < -0.3 is 35.6 Å². The molecule has 1 saturated heterocycles. The van der Waals surface area contributed by atoms with Gasteiger partial charge in [-0.15, -0.1) is 0 Å². The average Bonchev–Trinajstić information content (AvgIpc) is 2.71. The molecule has 0 saturated carbocycles. The van der Waals surface area contributed by atoms with Gasteiger partial charge in [-0.2, -0.15) is 0 Å². The molecule has 0 aromatic heterocycles. The predicted molar refractivity (Wildman–Crippen MR) is 104 cm³/mol. The number of hydrogen-bond donors (Lipinski definition) is 5. The molecule has 2 aromatic rings. The number of rotatable bonds is 6. The van der Waals surface area contributed by atoms with Gasteiger partial charge in [0, 0.05) is 18.2 Å². The molecule has 0 aliphatic carbocycles. The minimum atomic E-state index is -1.50. The minimum Gasteiger partial charge on any atom is -0.462 e. The Morgan fingerprint density at radius 2 is 1.64 bits per heavy atom. The van der Waals surface area contributed by atoms with Crippen molar-refractivity contribution in [2.75, 3.05) is 12.3 Å². The average molecular weight is 389 g/mol. The van der Waals surface area contributed by atoms with Crippen molar-refractivity contribution >= 4 is 5.69 Å². The molecule has 3 rings (SSSR count). The third kappa shape index (κ3) is 4.45. The summed E-state index contributed by atoms with van der Waals surface area (Å²) in [6.45, 7) is 1.58. The van der Waals surface area contributed by atoms with Crippen LogP contribution in [0.15, 0.2) is 42.5 Å². The zero-order chi connectivity index (χ0) is 20.3. The van der Waals surface area contributed by atoms with Gasteiger partial charge in [-0.05, 0) is 29.2 Å². The first-order chi connectivity index (χ1) is 13.4. The van der Waals surface area contributed by atoms with Crippen LogP contribution in [0.1, 0.15) is 23.6 Å². The second-order valence-corrected chi connectivity index (χ2v) is 7.03. The third-order valence-corrected chi connectivity index (χ3v) is 5.01. The van der Waals surface area contributed by atoms with Crippen LogP contribution < -0.4 is 10.5 Å². The Kier molecular flexibility index (Phi) is 6.53. The van der Waals surface area contributed by atoms with E-state index in [1.54, 1.807) is 12.1 Å². The van der Waals surface area contributed by atoms with Crippen molar-refractivity contribution < 1.29 is 29.9 Å². The van der Waals surface area contributed by atoms with E-state index in [9.17, 15) is 20.4 Å². The Morgan fingerprint density at radius 1 is 0.964 bits per heavy atom. The maximum absolute atomic E-state index is 10.2. The molecular weight excluding hydrogens is 362 g/mol. The number of benzene rings is 2. The Labute approximate surface area is 164 Å². The van der Waals surface area contributed by atoms with E-state index < -0.39 is 37.3 Å². The second-order valence-electron chi connectivity index (χ2n) is 7.03. The molecule has 0 unspecified atom stereocenters. The summed E-state index contributed by atoms with van der Waals surface area (Å²) in [7, 11) is 0. The molecule has 6 N–H and O–H groups in total. The topological polar surface area (TPSA) is 125 Å². The van der Waals surface area contributed by atoms with Crippen LogP contribution in [0.3, 0.4) is 0 Å². The van der Waals surface area contributed by atoms with Crippen molar-refractivity contribution in [2.45, 2.75) is 50.5 Å². The molecule has 5 atom stereocenters. The summed E-state index contributed by atoms with van der Waals surface area (Å²) < 4.78 is 11.2. The van der Waals surface area contributed by atoms with Crippen LogP contribution in [-0.2, 0) is 17.6 Å². The van der Waals surface area contributed by atoms with E-state index in [0.29, 0.717) is 17.9 Å². The molecule has 0 bridgehead atoms. The lowest BCUT2D eigenvalue weighted by Crippen LogP contribution is -2.60. The van der Waals surface area contributed by atoms with Gasteiger partial charge >= 0.3 is 0 Å². The van der Waals surface area contributed by atoms with Crippen LogP contribution >= 0.6 is 0 Å². The Hall–Kier alpha value is -2.16. The number of anilines is 1. The summed E-state index contributed by atoms with van der Waals surface area (Å²) in [5, 5.41) is 39.4. The molecule has 152 valence electrons. The van der Waals surface area contributed by atoms with Crippen LogP contribution in [0.4, 0.5) is 5.69 Å². The van der Waals surface area contributed by atoms with Gasteiger partial charge in [0.25, 0.3) is 0 Å². The smallest absolute Gasteiger partial charge is 0.229 e. The maximum Gasteiger partial charge on any atom is 0.229 e. The fourth-order valence-electron chi connectivity index (χ4n) is 3.23. The Morgan fingerprint density at radius 3 is 2.29 bits per heavy atom. The van der Waals surface area contributed by atoms with E-state index in [2.05, 4.69) is 19.1 Å². The fraction of sp³-hybridized carbons (Fsp3) is 0.429. The second kappa shape index (κ2) is 8.89. The zero-order valence-corrected chi connectivity index (χ0v) is 15.7. The molecule has 0 radical (unpaired) electrons. The minimum absolute atomic E-state index is 0.406. The summed E-state index contributed by atoms with van der Waals surface area (Å²) in [6, 6.07) is 13.5. The highest BCUT2D eigenvalue weighted by Crippen LogP contribution is 2.29. The van der Waals surface area contributed by atoms with Crippen molar-refractivity contribution in [3.05, 3.63) is 59.2 Å².